The van der Waals surface area contributed by atoms with E-state index in [2.05, 4.69) is 4.72 Å². The zero-order valence-electron chi connectivity index (χ0n) is 18.6. The molecular formula is C25H22ClN3O4S2. The molecule has 4 aromatic rings. The molecule has 1 aromatic heterocycles. The number of carbonyl (C=O) groups excluding carboxylic acids is 1. The fourth-order valence-electron chi connectivity index (χ4n) is 4.18. The van der Waals surface area contributed by atoms with Crippen LogP contribution in [-0.2, 0) is 27.9 Å². The third kappa shape index (κ3) is 4.90. The van der Waals surface area contributed by atoms with Crippen molar-refractivity contribution in [3.63, 3.8) is 0 Å². The molecule has 1 aliphatic heterocycles. The van der Waals surface area contributed by atoms with Crippen LogP contribution in [0.25, 0.3) is 10.2 Å². The van der Waals surface area contributed by atoms with Crippen LogP contribution < -0.4 is 14.5 Å². The van der Waals surface area contributed by atoms with E-state index in [1.807, 2.05) is 42.5 Å². The molecule has 1 fully saturated rings. The number of carbonyl (C=O) groups is 1. The molecule has 0 saturated carbocycles. The van der Waals surface area contributed by atoms with Gasteiger partial charge in [-0.15, -0.1) is 0 Å². The van der Waals surface area contributed by atoms with Crippen LogP contribution in [0.15, 0.2) is 76.4 Å². The highest BCUT2D eigenvalue weighted by Gasteiger charge is 2.22. The minimum Gasteiger partial charge on any atom is -0.312 e. The molecule has 0 spiro atoms. The van der Waals surface area contributed by atoms with Crippen molar-refractivity contribution in [1.82, 2.24) is 9.29 Å². The molecule has 10 heteroatoms. The summed E-state index contributed by atoms with van der Waals surface area (Å²) in [5.74, 6) is 0.0801. The zero-order valence-corrected chi connectivity index (χ0v) is 21.0. The van der Waals surface area contributed by atoms with E-state index in [9.17, 15) is 18.0 Å². The van der Waals surface area contributed by atoms with E-state index in [4.69, 9.17) is 11.6 Å². The molecule has 7 nitrogen and oxygen atoms in total. The molecule has 3 aromatic carbocycles. The molecule has 5 rings (SSSR count). The molecule has 1 saturated heterocycles. The third-order valence-corrected chi connectivity index (χ3v) is 8.71. The first-order valence-corrected chi connectivity index (χ1v) is 13.8. The second-order valence-electron chi connectivity index (χ2n) is 8.32. The standard InChI is InChI=1S/C25H22ClN3O4S2/c26-21-8-2-1-6-18(21)16-29-22-11-10-20(14-23(22)34-25(29)31)35(32,33)27-15-17-5-3-7-19(13-17)28-12-4-9-24(28)30/h1-3,5-8,10-11,13-14,27H,4,9,12,15-16H2. The van der Waals surface area contributed by atoms with E-state index in [0.717, 1.165) is 34.6 Å². The van der Waals surface area contributed by atoms with Crippen molar-refractivity contribution in [3.8, 4) is 0 Å². The van der Waals surface area contributed by atoms with Crippen LogP contribution in [0.3, 0.4) is 0 Å². The van der Waals surface area contributed by atoms with Crippen LogP contribution in [0.4, 0.5) is 5.69 Å². The predicted molar refractivity (Wildman–Crippen MR) is 139 cm³/mol. The maximum atomic E-state index is 13.0. The van der Waals surface area contributed by atoms with Gasteiger partial charge in [-0.05, 0) is 53.9 Å². The lowest BCUT2D eigenvalue weighted by molar-refractivity contribution is -0.117. The van der Waals surface area contributed by atoms with Gasteiger partial charge in [0.2, 0.25) is 15.9 Å². The van der Waals surface area contributed by atoms with Gasteiger partial charge in [-0.25, -0.2) is 13.1 Å². The summed E-state index contributed by atoms with van der Waals surface area (Å²) in [4.78, 5) is 26.3. The minimum atomic E-state index is -3.82. The normalized spacial score (nSPS) is 14.2. The van der Waals surface area contributed by atoms with E-state index in [1.165, 1.54) is 12.1 Å². The lowest BCUT2D eigenvalue weighted by Crippen LogP contribution is -2.25. The Hall–Kier alpha value is -2.98. The maximum Gasteiger partial charge on any atom is 0.308 e. The number of hydrogen-bond acceptors (Lipinski definition) is 5. The molecule has 0 radical (unpaired) electrons. The molecule has 180 valence electrons. The molecule has 1 N–H and O–H groups in total. The summed E-state index contributed by atoms with van der Waals surface area (Å²) in [7, 11) is -3.82. The number of amides is 1. The summed E-state index contributed by atoms with van der Waals surface area (Å²) in [5, 5.41) is 0.570. The summed E-state index contributed by atoms with van der Waals surface area (Å²) in [6, 6.07) is 19.3. The SMILES string of the molecule is O=C1CCCN1c1cccc(CNS(=O)(=O)c2ccc3c(c2)sc(=O)n3Cc2ccccc2Cl)c1. The number of anilines is 1. The first-order chi connectivity index (χ1) is 16.8. The van der Waals surface area contributed by atoms with Crippen LogP contribution in [0.1, 0.15) is 24.0 Å². The van der Waals surface area contributed by atoms with Gasteiger partial charge < -0.3 is 4.90 Å². The van der Waals surface area contributed by atoms with Crippen molar-refractivity contribution in [1.29, 1.82) is 0 Å². The van der Waals surface area contributed by atoms with Gasteiger partial charge in [0, 0.05) is 30.2 Å². The van der Waals surface area contributed by atoms with Gasteiger partial charge in [0.05, 0.1) is 21.7 Å². The van der Waals surface area contributed by atoms with Crippen molar-refractivity contribution in [2.75, 3.05) is 11.4 Å². The summed E-state index contributed by atoms with van der Waals surface area (Å²) in [5.41, 5.74) is 2.99. The number of sulfonamides is 1. The highest BCUT2D eigenvalue weighted by atomic mass is 35.5. The molecular weight excluding hydrogens is 506 g/mol. The lowest BCUT2D eigenvalue weighted by Gasteiger charge is -2.16. The van der Waals surface area contributed by atoms with Gasteiger partial charge >= 0.3 is 4.87 Å². The van der Waals surface area contributed by atoms with Gasteiger partial charge in [-0.3, -0.25) is 14.2 Å². The Labute approximate surface area is 211 Å². The fraction of sp³-hybridized carbons (Fsp3) is 0.200. The summed E-state index contributed by atoms with van der Waals surface area (Å²) < 4.78 is 30.8. The van der Waals surface area contributed by atoms with E-state index < -0.39 is 10.0 Å². The number of nitrogens with one attached hydrogen (secondary N) is 1. The maximum absolute atomic E-state index is 13.0. The van der Waals surface area contributed by atoms with E-state index in [0.29, 0.717) is 34.7 Å². The monoisotopic (exact) mass is 527 g/mol. The Bertz CT molecular complexity index is 1590. The van der Waals surface area contributed by atoms with Gasteiger partial charge in [0.25, 0.3) is 0 Å². The van der Waals surface area contributed by atoms with Gasteiger partial charge in [0.1, 0.15) is 0 Å². The molecule has 0 aliphatic carbocycles. The number of rotatable bonds is 7. The van der Waals surface area contributed by atoms with Gasteiger partial charge in [0.15, 0.2) is 0 Å². The minimum absolute atomic E-state index is 0.0801. The molecule has 0 bridgehead atoms. The smallest absolute Gasteiger partial charge is 0.308 e. The second-order valence-corrected chi connectivity index (χ2v) is 11.5. The van der Waals surface area contributed by atoms with Crippen molar-refractivity contribution in [3.05, 3.63) is 92.5 Å². The molecule has 0 atom stereocenters. The van der Waals surface area contributed by atoms with E-state index in [-0.39, 0.29) is 22.2 Å². The number of fused-ring (bicyclic) bond motifs is 1. The van der Waals surface area contributed by atoms with Crippen LogP contribution in [-0.4, -0.2) is 25.4 Å². The Morgan fingerprint density at radius 1 is 1.00 bits per heavy atom. The number of aromatic nitrogens is 1. The van der Waals surface area contributed by atoms with Crippen molar-refractivity contribution < 1.29 is 13.2 Å². The topological polar surface area (TPSA) is 88.5 Å². The van der Waals surface area contributed by atoms with Crippen LogP contribution in [0.5, 0.6) is 0 Å². The van der Waals surface area contributed by atoms with Gasteiger partial charge in [-0.2, -0.15) is 0 Å². The quantitative estimate of drug-likeness (QED) is 0.386. The number of benzene rings is 3. The highest BCUT2D eigenvalue weighted by molar-refractivity contribution is 7.89. The summed E-state index contributed by atoms with van der Waals surface area (Å²) in [6.45, 7) is 1.06. The average Bonchev–Trinajstić information content (AvgIpc) is 3.41. The second kappa shape index (κ2) is 9.58. The van der Waals surface area contributed by atoms with E-state index in [1.54, 1.807) is 21.6 Å². The summed E-state index contributed by atoms with van der Waals surface area (Å²) in [6.07, 6.45) is 1.36. The van der Waals surface area contributed by atoms with Gasteiger partial charge in [-0.1, -0.05) is 53.3 Å². The number of nitrogens with zero attached hydrogens (tertiary/aromatic N) is 2. The first kappa shape index (κ1) is 23.7. The molecule has 2 heterocycles. The zero-order chi connectivity index (χ0) is 24.6. The third-order valence-electron chi connectivity index (χ3n) is 6.00. The number of hydrogen-bond donors (Lipinski definition) is 1. The molecule has 1 amide bonds. The number of thiazole rings is 1. The Morgan fingerprint density at radius 3 is 2.60 bits per heavy atom. The largest absolute Gasteiger partial charge is 0.312 e. The van der Waals surface area contributed by atoms with Crippen molar-refractivity contribution in [2.45, 2.75) is 30.8 Å². The first-order valence-electron chi connectivity index (χ1n) is 11.1. The van der Waals surface area contributed by atoms with Crippen molar-refractivity contribution >= 4 is 54.8 Å². The molecule has 1 aliphatic rings. The van der Waals surface area contributed by atoms with Crippen LogP contribution >= 0.6 is 22.9 Å². The predicted octanol–water partition coefficient (Wildman–Crippen LogP) is 4.37. The average molecular weight is 528 g/mol. The lowest BCUT2D eigenvalue weighted by atomic mass is 10.2. The van der Waals surface area contributed by atoms with E-state index >= 15 is 0 Å². The van der Waals surface area contributed by atoms with Crippen LogP contribution in [0, 0.1) is 0 Å². The van der Waals surface area contributed by atoms with Crippen LogP contribution in [0.2, 0.25) is 5.02 Å². The van der Waals surface area contributed by atoms with Crippen molar-refractivity contribution in [2.24, 2.45) is 0 Å². The number of halogens is 1. The Balaban J connectivity index is 1.36. The Morgan fingerprint density at radius 2 is 1.83 bits per heavy atom. The molecule has 0 unspecified atom stereocenters. The fourth-order valence-corrected chi connectivity index (χ4v) is 6.42. The summed E-state index contributed by atoms with van der Waals surface area (Å²) >= 11 is 7.25. The highest BCUT2D eigenvalue weighted by Crippen LogP contribution is 2.25. The molecule has 35 heavy (non-hydrogen) atoms. The Kier molecular flexibility index (Phi) is 6.50.